The van der Waals surface area contributed by atoms with Gasteiger partial charge in [0.15, 0.2) is 0 Å². The predicted octanol–water partition coefficient (Wildman–Crippen LogP) is 3.39. The predicted molar refractivity (Wildman–Crippen MR) is 105 cm³/mol. The zero-order valence-corrected chi connectivity index (χ0v) is 16.6. The average Bonchev–Trinajstić information content (AvgIpc) is 2.73. The van der Waals surface area contributed by atoms with Gasteiger partial charge in [0, 0.05) is 31.6 Å². The summed E-state index contributed by atoms with van der Waals surface area (Å²) >= 11 is 0. The maximum Gasteiger partial charge on any atom is 0.433 e. The van der Waals surface area contributed by atoms with Gasteiger partial charge in [-0.05, 0) is 29.8 Å². The van der Waals surface area contributed by atoms with E-state index in [-0.39, 0.29) is 31.1 Å². The number of hydrogen-bond acceptors (Lipinski definition) is 5. The Kier molecular flexibility index (Phi) is 5.76. The fraction of sp³-hybridized carbons (Fsp3) is 0.429. The molecule has 0 radical (unpaired) electrons. The third-order valence-corrected chi connectivity index (χ3v) is 5.41. The number of pyridine rings is 1. The van der Waals surface area contributed by atoms with E-state index < -0.39 is 17.5 Å². The third-order valence-electron chi connectivity index (χ3n) is 5.41. The van der Waals surface area contributed by atoms with Gasteiger partial charge in [-0.3, -0.25) is 0 Å². The summed E-state index contributed by atoms with van der Waals surface area (Å²) in [5, 5.41) is 13.1. The Balaban J connectivity index is 1.25. The quantitative estimate of drug-likeness (QED) is 0.766. The molecule has 166 valence electrons. The number of alkyl halides is 3. The van der Waals surface area contributed by atoms with Crippen LogP contribution < -0.4 is 10.1 Å². The Morgan fingerprint density at radius 2 is 1.84 bits per heavy atom. The van der Waals surface area contributed by atoms with E-state index in [0.29, 0.717) is 31.6 Å². The normalized spacial score (nSPS) is 18.9. The molecular weight excluding hydrogens is 415 g/mol. The topological polar surface area (TPSA) is 83.9 Å². The molecule has 1 aromatic heterocycles. The van der Waals surface area contributed by atoms with Crippen LogP contribution in [-0.4, -0.2) is 53.4 Å². The Morgan fingerprint density at radius 1 is 1.16 bits per heavy atom. The molecule has 0 saturated carbocycles. The molecule has 2 fully saturated rings. The molecule has 0 bridgehead atoms. The Morgan fingerprint density at radius 3 is 2.35 bits per heavy atom. The fourth-order valence-corrected chi connectivity index (χ4v) is 3.52. The highest BCUT2D eigenvalue weighted by atomic mass is 19.4. The molecule has 7 nitrogen and oxygen atoms in total. The lowest BCUT2D eigenvalue weighted by Crippen LogP contribution is -2.46. The van der Waals surface area contributed by atoms with E-state index in [1.165, 1.54) is 6.07 Å². The summed E-state index contributed by atoms with van der Waals surface area (Å²) in [5.41, 5.74) is -0.554. The van der Waals surface area contributed by atoms with Crippen molar-refractivity contribution in [3.8, 4) is 5.75 Å². The van der Waals surface area contributed by atoms with Crippen LogP contribution in [0.15, 0.2) is 42.6 Å². The highest BCUT2D eigenvalue weighted by molar-refractivity contribution is 5.89. The second-order valence-corrected chi connectivity index (χ2v) is 7.71. The number of rotatable bonds is 4. The van der Waals surface area contributed by atoms with Crippen LogP contribution in [0.1, 0.15) is 24.1 Å². The number of nitrogens with zero attached hydrogens (tertiary/aromatic N) is 2. The van der Waals surface area contributed by atoms with Crippen molar-refractivity contribution in [3.05, 3.63) is 53.9 Å². The van der Waals surface area contributed by atoms with Gasteiger partial charge >= 0.3 is 12.2 Å². The zero-order valence-electron chi connectivity index (χ0n) is 16.6. The SMILES string of the molecule is O=C(Nc1ccc(C2(O)COC2)cc1)N1CCC(Oc2ccc(C(F)(F)F)nc2)CC1. The maximum absolute atomic E-state index is 12.6. The summed E-state index contributed by atoms with van der Waals surface area (Å²) in [6.45, 7) is 1.44. The first-order chi connectivity index (χ1) is 14.7. The van der Waals surface area contributed by atoms with E-state index in [9.17, 15) is 23.1 Å². The standard InChI is InChI=1S/C21H22F3N3O4/c22-21(23,24)18-6-5-17(11-25-18)31-16-7-9-27(10-8-16)19(28)26-15-3-1-14(2-4-15)20(29)12-30-13-20/h1-6,11,16,29H,7-10,12-13H2,(H,26,28). The van der Waals surface area contributed by atoms with Crippen molar-refractivity contribution in [2.24, 2.45) is 0 Å². The van der Waals surface area contributed by atoms with E-state index in [1.807, 2.05) is 0 Å². The molecule has 3 heterocycles. The molecule has 4 rings (SSSR count). The first-order valence-corrected chi connectivity index (χ1v) is 9.89. The lowest BCUT2D eigenvalue weighted by atomic mass is 9.92. The zero-order chi connectivity index (χ0) is 22.1. The van der Waals surface area contributed by atoms with Gasteiger partial charge in [0.25, 0.3) is 0 Å². The Bertz CT molecular complexity index is 907. The third kappa shape index (κ3) is 4.91. The minimum atomic E-state index is -4.48. The Labute approximate surface area is 176 Å². The van der Waals surface area contributed by atoms with Crippen LogP contribution in [0.4, 0.5) is 23.7 Å². The van der Waals surface area contributed by atoms with Crippen LogP contribution in [0.25, 0.3) is 0 Å². The molecule has 31 heavy (non-hydrogen) atoms. The van der Waals surface area contributed by atoms with Crippen molar-refractivity contribution in [1.29, 1.82) is 0 Å². The van der Waals surface area contributed by atoms with Gasteiger partial charge in [0.1, 0.15) is 23.1 Å². The van der Waals surface area contributed by atoms with Crippen LogP contribution >= 0.6 is 0 Å². The molecule has 2 amide bonds. The number of benzene rings is 1. The minimum absolute atomic E-state index is 0.202. The van der Waals surface area contributed by atoms with Crippen LogP contribution in [0.3, 0.4) is 0 Å². The second-order valence-electron chi connectivity index (χ2n) is 7.71. The molecule has 0 unspecified atom stereocenters. The average molecular weight is 437 g/mol. The van der Waals surface area contributed by atoms with E-state index in [1.54, 1.807) is 29.2 Å². The molecule has 2 aliphatic heterocycles. The minimum Gasteiger partial charge on any atom is -0.489 e. The van der Waals surface area contributed by atoms with Gasteiger partial charge in [-0.25, -0.2) is 9.78 Å². The molecular formula is C21H22F3N3O4. The number of halogens is 3. The molecule has 2 N–H and O–H groups in total. The van der Waals surface area contributed by atoms with Gasteiger partial charge in [-0.1, -0.05) is 12.1 Å². The van der Waals surface area contributed by atoms with Crippen molar-refractivity contribution in [1.82, 2.24) is 9.88 Å². The van der Waals surface area contributed by atoms with Crippen LogP contribution in [0.2, 0.25) is 0 Å². The van der Waals surface area contributed by atoms with E-state index in [2.05, 4.69) is 10.3 Å². The number of anilines is 1. The summed E-state index contributed by atoms with van der Waals surface area (Å²) < 4.78 is 48.5. The van der Waals surface area contributed by atoms with Crippen LogP contribution in [0.5, 0.6) is 5.75 Å². The first kappa shape index (κ1) is 21.4. The Hall–Kier alpha value is -2.85. The van der Waals surface area contributed by atoms with Gasteiger partial charge in [-0.15, -0.1) is 0 Å². The number of amides is 2. The van der Waals surface area contributed by atoms with Gasteiger partial charge < -0.3 is 24.8 Å². The highest BCUT2D eigenvalue weighted by Crippen LogP contribution is 2.30. The first-order valence-electron chi connectivity index (χ1n) is 9.89. The molecule has 2 aromatic rings. The van der Waals surface area contributed by atoms with E-state index in [4.69, 9.17) is 9.47 Å². The maximum atomic E-state index is 12.6. The number of carbonyl (C=O) groups excluding carboxylic acids is 1. The summed E-state index contributed by atoms with van der Waals surface area (Å²) in [6, 6.07) is 8.89. The number of nitrogens with one attached hydrogen (secondary N) is 1. The molecule has 0 atom stereocenters. The van der Waals surface area contributed by atoms with Gasteiger partial charge in [-0.2, -0.15) is 13.2 Å². The number of aromatic nitrogens is 1. The van der Waals surface area contributed by atoms with Gasteiger partial charge in [0.05, 0.1) is 19.4 Å². The second kappa shape index (κ2) is 8.35. The van der Waals surface area contributed by atoms with Gasteiger partial charge in [0.2, 0.25) is 0 Å². The molecule has 0 aliphatic carbocycles. The summed E-state index contributed by atoms with van der Waals surface area (Å²) in [6.07, 6.45) is -2.51. The number of likely N-dealkylation sites (tertiary alicyclic amines) is 1. The van der Waals surface area contributed by atoms with Crippen LogP contribution in [-0.2, 0) is 16.5 Å². The smallest absolute Gasteiger partial charge is 0.433 e. The van der Waals surface area contributed by atoms with E-state index >= 15 is 0 Å². The lowest BCUT2D eigenvalue weighted by molar-refractivity contribution is -0.184. The number of urea groups is 1. The lowest BCUT2D eigenvalue weighted by Gasteiger charge is -2.36. The fourth-order valence-electron chi connectivity index (χ4n) is 3.52. The van der Waals surface area contributed by atoms with Crippen LogP contribution in [0, 0.1) is 0 Å². The molecule has 2 saturated heterocycles. The summed E-state index contributed by atoms with van der Waals surface area (Å²) in [4.78, 5) is 17.5. The number of carbonyl (C=O) groups is 1. The number of aliphatic hydroxyl groups is 1. The highest BCUT2D eigenvalue weighted by Gasteiger charge is 2.37. The molecule has 10 heteroatoms. The van der Waals surface area contributed by atoms with Crippen molar-refractivity contribution < 1.29 is 32.5 Å². The summed E-state index contributed by atoms with van der Waals surface area (Å²) in [7, 11) is 0. The number of ether oxygens (including phenoxy) is 2. The molecule has 0 spiro atoms. The summed E-state index contributed by atoms with van der Waals surface area (Å²) in [5.74, 6) is 0.273. The van der Waals surface area contributed by atoms with E-state index in [0.717, 1.165) is 17.8 Å². The monoisotopic (exact) mass is 437 g/mol. The van der Waals surface area contributed by atoms with Crippen molar-refractivity contribution >= 4 is 11.7 Å². The van der Waals surface area contributed by atoms with Crippen molar-refractivity contribution in [2.45, 2.75) is 30.7 Å². The molecule has 2 aliphatic rings. The largest absolute Gasteiger partial charge is 0.489 e. The van der Waals surface area contributed by atoms with Crippen molar-refractivity contribution in [3.63, 3.8) is 0 Å². The van der Waals surface area contributed by atoms with Crippen molar-refractivity contribution in [2.75, 3.05) is 31.6 Å². The number of hydrogen-bond donors (Lipinski definition) is 2. The molecule has 1 aromatic carbocycles. The number of piperidine rings is 1.